The van der Waals surface area contributed by atoms with Crippen molar-refractivity contribution >= 4 is 0 Å². The standard InChI is InChI=1S/C12H19NO/c1-10(2)9-14-12(8-13)11-6-4-3-5-7-11/h3-7,10,12H,8-9,13H2,1-2H3. The van der Waals surface area contributed by atoms with Crippen molar-refractivity contribution in [2.24, 2.45) is 11.7 Å². The smallest absolute Gasteiger partial charge is 0.0947 e. The van der Waals surface area contributed by atoms with Crippen LogP contribution in [0.15, 0.2) is 30.3 Å². The van der Waals surface area contributed by atoms with E-state index in [9.17, 15) is 0 Å². The van der Waals surface area contributed by atoms with Gasteiger partial charge in [-0.15, -0.1) is 0 Å². The maximum absolute atomic E-state index is 5.71. The van der Waals surface area contributed by atoms with Crippen LogP contribution in [0.3, 0.4) is 0 Å². The third kappa shape index (κ3) is 3.48. The number of ether oxygens (including phenoxy) is 1. The van der Waals surface area contributed by atoms with Gasteiger partial charge in [-0.1, -0.05) is 44.2 Å². The highest BCUT2D eigenvalue weighted by Gasteiger charge is 2.09. The van der Waals surface area contributed by atoms with Crippen molar-refractivity contribution < 1.29 is 4.74 Å². The van der Waals surface area contributed by atoms with E-state index in [0.717, 1.165) is 12.2 Å². The molecule has 0 amide bonds. The van der Waals surface area contributed by atoms with Gasteiger partial charge in [-0.3, -0.25) is 0 Å². The summed E-state index contributed by atoms with van der Waals surface area (Å²) < 4.78 is 5.71. The fourth-order valence-electron chi connectivity index (χ4n) is 1.28. The second-order valence-corrected chi connectivity index (χ2v) is 3.86. The molecule has 0 spiro atoms. The van der Waals surface area contributed by atoms with Crippen LogP contribution in [-0.2, 0) is 4.74 Å². The lowest BCUT2D eigenvalue weighted by molar-refractivity contribution is 0.0406. The van der Waals surface area contributed by atoms with Gasteiger partial charge in [0.1, 0.15) is 0 Å². The first-order chi connectivity index (χ1) is 6.74. The average molecular weight is 193 g/mol. The molecule has 1 aromatic carbocycles. The highest BCUT2D eigenvalue weighted by Crippen LogP contribution is 2.16. The van der Waals surface area contributed by atoms with Crippen LogP contribution in [0.1, 0.15) is 25.5 Å². The molecular weight excluding hydrogens is 174 g/mol. The van der Waals surface area contributed by atoms with Gasteiger partial charge in [0.15, 0.2) is 0 Å². The first-order valence-corrected chi connectivity index (χ1v) is 5.10. The van der Waals surface area contributed by atoms with E-state index in [4.69, 9.17) is 10.5 Å². The molecule has 0 aliphatic carbocycles. The van der Waals surface area contributed by atoms with E-state index in [1.807, 2.05) is 18.2 Å². The Kier molecular flexibility index (Phi) is 4.63. The SMILES string of the molecule is CC(C)COC(CN)c1ccccc1. The van der Waals surface area contributed by atoms with E-state index in [-0.39, 0.29) is 6.10 Å². The molecule has 14 heavy (non-hydrogen) atoms. The Bertz CT molecular complexity index is 246. The first kappa shape index (κ1) is 11.2. The Balaban J connectivity index is 2.54. The summed E-state index contributed by atoms with van der Waals surface area (Å²) in [6.07, 6.45) is 0.0404. The lowest BCUT2D eigenvalue weighted by Gasteiger charge is -2.17. The Hall–Kier alpha value is -0.860. The molecule has 1 aromatic rings. The molecule has 0 aliphatic rings. The largest absolute Gasteiger partial charge is 0.372 e. The molecule has 2 nitrogen and oxygen atoms in total. The van der Waals surface area contributed by atoms with E-state index in [1.54, 1.807) is 0 Å². The molecule has 0 saturated heterocycles. The molecule has 0 saturated carbocycles. The van der Waals surface area contributed by atoms with Crippen molar-refractivity contribution in [3.63, 3.8) is 0 Å². The van der Waals surface area contributed by atoms with E-state index < -0.39 is 0 Å². The number of benzene rings is 1. The summed E-state index contributed by atoms with van der Waals surface area (Å²) in [5.74, 6) is 0.549. The summed E-state index contributed by atoms with van der Waals surface area (Å²) >= 11 is 0. The van der Waals surface area contributed by atoms with Gasteiger partial charge < -0.3 is 10.5 Å². The van der Waals surface area contributed by atoms with Crippen molar-refractivity contribution in [2.75, 3.05) is 13.2 Å². The van der Waals surface area contributed by atoms with Crippen molar-refractivity contribution in [1.82, 2.24) is 0 Å². The third-order valence-electron chi connectivity index (χ3n) is 2.02. The van der Waals surface area contributed by atoms with Gasteiger partial charge in [-0.25, -0.2) is 0 Å². The summed E-state index contributed by atoms with van der Waals surface area (Å²) in [6, 6.07) is 10.1. The summed E-state index contributed by atoms with van der Waals surface area (Å²) in [6.45, 7) is 5.57. The van der Waals surface area contributed by atoms with Crippen LogP contribution >= 0.6 is 0 Å². The minimum Gasteiger partial charge on any atom is -0.372 e. The summed E-state index contributed by atoms with van der Waals surface area (Å²) in [5, 5.41) is 0. The summed E-state index contributed by atoms with van der Waals surface area (Å²) in [7, 11) is 0. The van der Waals surface area contributed by atoms with Gasteiger partial charge in [0, 0.05) is 13.2 Å². The molecule has 2 N–H and O–H groups in total. The second kappa shape index (κ2) is 5.78. The van der Waals surface area contributed by atoms with Crippen LogP contribution in [0, 0.1) is 5.92 Å². The zero-order valence-corrected chi connectivity index (χ0v) is 8.94. The molecule has 1 atom stereocenters. The topological polar surface area (TPSA) is 35.2 Å². The van der Waals surface area contributed by atoms with Crippen LogP contribution in [0.4, 0.5) is 0 Å². The molecule has 0 aliphatic heterocycles. The zero-order valence-electron chi connectivity index (χ0n) is 8.94. The Morgan fingerprint density at radius 3 is 2.36 bits per heavy atom. The number of hydrogen-bond donors (Lipinski definition) is 1. The van der Waals surface area contributed by atoms with E-state index in [0.29, 0.717) is 12.5 Å². The quantitative estimate of drug-likeness (QED) is 0.779. The molecule has 0 fully saturated rings. The van der Waals surface area contributed by atoms with E-state index in [2.05, 4.69) is 26.0 Å². The molecular formula is C12H19NO. The minimum atomic E-state index is 0.0404. The second-order valence-electron chi connectivity index (χ2n) is 3.86. The molecule has 0 heterocycles. The van der Waals surface area contributed by atoms with Crippen molar-refractivity contribution in [3.05, 3.63) is 35.9 Å². The molecule has 1 rings (SSSR count). The van der Waals surface area contributed by atoms with Gasteiger partial charge >= 0.3 is 0 Å². The number of hydrogen-bond acceptors (Lipinski definition) is 2. The monoisotopic (exact) mass is 193 g/mol. The minimum absolute atomic E-state index is 0.0404. The van der Waals surface area contributed by atoms with Crippen LogP contribution < -0.4 is 5.73 Å². The normalized spacial score (nSPS) is 13.1. The molecule has 1 unspecified atom stereocenters. The van der Waals surface area contributed by atoms with Crippen LogP contribution in [0.25, 0.3) is 0 Å². The average Bonchev–Trinajstić information content (AvgIpc) is 2.20. The van der Waals surface area contributed by atoms with Crippen molar-refractivity contribution in [1.29, 1.82) is 0 Å². The van der Waals surface area contributed by atoms with E-state index in [1.165, 1.54) is 0 Å². The number of nitrogens with two attached hydrogens (primary N) is 1. The molecule has 78 valence electrons. The molecule has 2 heteroatoms. The highest BCUT2D eigenvalue weighted by atomic mass is 16.5. The molecule has 0 aromatic heterocycles. The van der Waals surface area contributed by atoms with Gasteiger partial charge in [-0.05, 0) is 11.5 Å². The van der Waals surface area contributed by atoms with Crippen LogP contribution in [-0.4, -0.2) is 13.2 Å². The maximum Gasteiger partial charge on any atom is 0.0947 e. The Morgan fingerprint density at radius 1 is 1.21 bits per heavy atom. The van der Waals surface area contributed by atoms with Crippen molar-refractivity contribution in [3.8, 4) is 0 Å². The number of rotatable bonds is 5. The van der Waals surface area contributed by atoms with Crippen LogP contribution in [0.5, 0.6) is 0 Å². The molecule has 0 radical (unpaired) electrons. The van der Waals surface area contributed by atoms with Gasteiger partial charge in [0.2, 0.25) is 0 Å². The molecule has 0 bridgehead atoms. The van der Waals surface area contributed by atoms with Gasteiger partial charge in [0.25, 0.3) is 0 Å². The highest BCUT2D eigenvalue weighted by molar-refractivity contribution is 5.17. The lowest BCUT2D eigenvalue weighted by atomic mass is 10.1. The van der Waals surface area contributed by atoms with E-state index >= 15 is 0 Å². The lowest BCUT2D eigenvalue weighted by Crippen LogP contribution is -2.18. The van der Waals surface area contributed by atoms with Gasteiger partial charge in [0.05, 0.1) is 6.10 Å². The predicted octanol–water partition coefficient (Wildman–Crippen LogP) is 2.36. The van der Waals surface area contributed by atoms with Crippen molar-refractivity contribution in [2.45, 2.75) is 20.0 Å². The fourth-order valence-corrected chi connectivity index (χ4v) is 1.28. The Morgan fingerprint density at radius 2 is 1.86 bits per heavy atom. The maximum atomic E-state index is 5.71. The summed E-state index contributed by atoms with van der Waals surface area (Å²) in [4.78, 5) is 0. The summed E-state index contributed by atoms with van der Waals surface area (Å²) in [5.41, 5.74) is 6.83. The first-order valence-electron chi connectivity index (χ1n) is 5.10. The fraction of sp³-hybridized carbons (Fsp3) is 0.500. The van der Waals surface area contributed by atoms with Crippen LogP contribution in [0.2, 0.25) is 0 Å². The zero-order chi connectivity index (χ0) is 10.4. The predicted molar refractivity (Wildman–Crippen MR) is 59.0 cm³/mol. The van der Waals surface area contributed by atoms with Gasteiger partial charge in [-0.2, -0.15) is 0 Å². The Labute approximate surface area is 86.1 Å². The third-order valence-corrected chi connectivity index (χ3v) is 2.02.